The lowest BCUT2D eigenvalue weighted by Crippen LogP contribution is -2.12. The number of carbonyl (C=O) groups excluding carboxylic acids is 1. The van der Waals surface area contributed by atoms with Gasteiger partial charge in [-0.3, -0.25) is 4.79 Å². The summed E-state index contributed by atoms with van der Waals surface area (Å²) in [4.78, 5) is 11.8. The number of rotatable bonds is 4. The summed E-state index contributed by atoms with van der Waals surface area (Å²) in [6, 6.07) is 13.4. The van der Waals surface area contributed by atoms with Crippen LogP contribution in [-0.2, 0) is 14.8 Å². The normalized spacial score (nSPS) is 11.5. The molecule has 0 aliphatic carbocycles. The molecular formula is C16H16N2O3S. The number of carbonyl (C=O) groups is 1. The number of primary sulfonamides is 1. The molecule has 2 rings (SSSR count). The van der Waals surface area contributed by atoms with Gasteiger partial charge in [-0.1, -0.05) is 24.3 Å². The minimum absolute atomic E-state index is 0.000881. The third-order valence-electron chi connectivity index (χ3n) is 3.05. The number of hydrogen-bond acceptors (Lipinski definition) is 3. The van der Waals surface area contributed by atoms with Crippen LogP contribution < -0.4 is 10.5 Å². The van der Waals surface area contributed by atoms with E-state index in [0.29, 0.717) is 5.69 Å². The quantitative estimate of drug-likeness (QED) is 0.848. The van der Waals surface area contributed by atoms with Crippen molar-refractivity contribution in [2.75, 3.05) is 5.32 Å². The Bertz CT molecular complexity index is 810. The van der Waals surface area contributed by atoms with E-state index in [-0.39, 0.29) is 10.8 Å². The number of amides is 1. The number of sulfonamides is 1. The number of anilines is 1. The molecule has 2 aromatic carbocycles. The second-order valence-corrected chi connectivity index (χ2v) is 6.31. The van der Waals surface area contributed by atoms with Crippen molar-refractivity contribution in [3.05, 3.63) is 65.7 Å². The maximum Gasteiger partial charge on any atom is 0.248 e. The number of aryl methyl sites for hydroxylation is 1. The lowest BCUT2D eigenvalue weighted by atomic mass is 10.1. The SMILES string of the molecule is Cc1ccccc1/C=C/C(=O)Nc1ccc(S(N)(=O)=O)cc1. The maximum atomic E-state index is 11.8. The van der Waals surface area contributed by atoms with E-state index in [1.807, 2.05) is 31.2 Å². The molecule has 0 aromatic heterocycles. The first kappa shape index (κ1) is 15.9. The van der Waals surface area contributed by atoms with E-state index in [1.165, 1.54) is 30.3 Å². The van der Waals surface area contributed by atoms with Gasteiger partial charge in [0.25, 0.3) is 0 Å². The molecule has 22 heavy (non-hydrogen) atoms. The van der Waals surface area contributed by atoms with Crippen molar-refractivity contribution in [3.8, 4) is 0 Å². The van der Waals surface area contributed by atoms with Gasteiger partial charge in [-0.05, 0) is 48.4 Å². The molecule has 0 radical (unpaired) electrons. The minimum Gasteiger partial charge on any atom is -0.323 e. The summed E-state index contributed by atoms with van der Waals surface area (Å²) in [6.45, 7) is 1.96. The summed E-state index contributed by atoms with van der Waals surface area (Å²) in [6.07, 6.45) is 3.15. The first-order valence-electron chi connectivity index (χ1n) is 6.54. The molecule has 0 unspecified atom stereocenters. The smallest absolute Gasteiger partial charge is 0.248 e. The number of nitrogens with two attached hydrogens (primary N) is 1. The van der Waals surface area contributed by atoms with E-state index in [9.17, 15) is 13.2 Å². The lowest BCUT2D eigenvalue weighted by Gasteiger charge is -2.04. The number of benzene rings is 2. The Hall–Kier alpha value is -2.44. The predicted octanol–water partition coefficient (Wildman–Crippen LogP) is 2.29. The van der Waals surface area contributed by atoms with Crippen molar-refractivity contribution < 1.29 is 13.2 Å². The van der Waals surface area contributed by atoms with Crippen LogP contribution in [0, 0.1) is 6.92 Å². The summed E-state index contributed by atoms with van der Waals surface area (Å²) in [5.74, 6) is -0.299. The van der Waals surface area contributed by atoms with Gasteiger partial charge in [-0.2, -0.15) is 0 Å². The highest BCUT2D eigenvalue weighted by molar-refractivity contribution is 7.89. The van der Waals surface area contributed by atoms with Crippen molar-refractivity contribution in [2.24, 2.45) is 5.14 Å². The van der Waals surface area contributed by atoms with Gasteiger partial charge in [0.15, 0.2) is 0 Å². The van der Waals surface area contributed by atoms with Gasteiger partial charge in [-0.25, -0.2) is 13.6 Å². The van der Waals surface area contributed by atoms with Crippen LogP contribution in [0.3, 0.4) is 0 Å². The molecule has 1 amide bonds. The maximum absolute atomic E-state index is 11.8. The van der Waals surface area contributed by atoms with Crippen LogP contribution in [0.2, 0.25) is 0 Å². The fourth-order valence-electron chi connectivity index (χ4n) is 1.85. The zero-order valence-electron chi connectivity index (χ0n) is 12.0. The number of hydrogen-bond donors (Lipinski definition) is 2. The highest BCUT2D eigenvalue weighted by Crippen LogP contribution is 2.13. The van der Waals surface area contributed by atoms with Crippen LogP contribution in [0.5, 0.6) is 0 Å². The second-order valence-electron chi connectivity index (χ2n) is 4.75. The van der Waals surface area contributed by atoms with E-state index in [4.69, 9.17) is 5.14 Å². The monoisotopic (exact) mass is 316 g/mol. The van der Waals surface area contributed by atoms with Crippen molar-refractivity contribution in [1.82, 2.24) is 0 Å². The van der Waals surface area contributed by atoms with Gasteiger partial charge in [0.1, 0.15) is 0 Å². The Morgan fingerprint density at radius 3 is 2.32 bits per heavy atom. The molecule has 5 nitrogen and oxygen atoms in total. The summed E-state index contributed by atoms with van der Waals surface area (Å²) in [5.41, 5.74) is 2.53. The molecule has 0 spiro atoms. The predicted molar refractivity (Wildman–Crippen MR) is 86.7 cm³/mol. The molecule has 0 atom stereocenters. The van der Waals surface area contributed by atoms with Crippen LogP contribution in [0.1, 0.15) is 11.1 Å². The van der Waals surface area contributed by atoms with Crippen LogP contribution in [-0.4, -0.2) is 14.3 Å². The Kier molecular flexibility index (Phi) is 4.75. The van der Waals surface area contributed by atoms with Crippen LogP contribution in [0.25, 0.3) is 6.08 Å². The van der Waals surface area contributed by atoms with Crippen LogP contribution in [0.4, 0.5) is 5.69 Å². The van der Waals surface area contributed by atoms with Gasteiger partial charge in [0.2, 0.25) is 15.9 Å². The Labute approximate surface area is 129 Å². The van der Waals surface area contributed by atoms with Crippen molar-refractivity contribution in [1.29, 1.82) is 0 Å². The molecule has 114 valence electrons. The molecule has 6 heteroatoms. The molecule has 3 N–H and O–H groups in total. The molecule has 0 saturated heterocycles. The molecule has 0 fully saturated rings. The van der Waals surface area contributed by atoms with Crippen LogP contribution >= 0.6 is 0 Å². The molecule has 0 saturated carbocycles. The van der Waals surface area contributed by atoms with Gasteiger partial charge >= 0.3 is 0 Å². The van der Waals surface area contributed by atoms with Gasteiger partial charge in [0, 0.05) is 11.8 Å². The second kappa shape index (κ2) is 6.55. The standard InChI is InChI=1S/C16H16N2O3S/c1-12-4-2-3-5-13(12)6-11-16(19)18-14-7-9-15(10-8-14)22(17,20)21/h2-11H,1H3,(H,18,19)(H2,17,20,21)/b11-6+. The zero-order chi connectivity index (χ0) is 16.2. The van der Waals surface area contributed by atoms with Crippen LogP contribution in [0.15, 0.2) is 59.5 Å². The molecular weight excluding hydrogens is 300 g/mol. The summed E-state index contributed by atoms with van der Waals surface area (Å²) in [5, 5.41) is 7.66. The summed E-state index contributed by atoms with van der Waals surface area (Å²) in [7, 11) is -3.73. The average Bonchev–Trinajstić information content (AvgIpc) is 2.46. The minimum atomic E-state index is -3.73. The molecule has 0 aliphatic heterocycles. The highest BCUT2D eigenvalue weighted by atomic mass is 32.2. The third kappa shape index (κ3) is 4.28. The molecule has 0 bridgehead atoms. The largest absolute Gasteiger partial charge is 0.323 e. The van der Waals surface area contributed by atoms with Crippen molar-refractivity contribution >= 4 is 27.7 Å². The fraction of sp³-hybridized carbons (Fsp3) is 0.0625. The number of nitrogens with one attached hydrogen (secondary N) is 1. The first-order valence-corrected chi connectivity index (χ1v) is 8.08. The Morgan fingerprint density at radius 2 is 1.73 bits per heavy atom. The topological polar surface area (TPSA) is 89.3 Å². The van der Waals surface area contributed by atoms with Crippen molar-refractivity contribution in [2.45, 2.75) is 11.8 Å². The molecule has 0 aliphatic rings. The summed E-state index contributed by atoms with van der Waals surface area (Å²) >= 11 is 0. The Morgan fingerprint density at radius 1 is 1.09 bits per heavy atom. The van der Waals surface area contributed by atoms with E-state index in [0.717, 1.165) is 11.1 Å². The average molecular weight is 316 g/mol. The van der Waals surface area contributed by atoms with Gasteiger partial charge < -0.3 is 5.32 Å². The highest BCUT2D eigenvalue weighted by Gasteiger charge is 2.07. The van der Waals surface area contributed by atoms with E-state index in [1.54, 1.807) is 6.08 Å². The molecule has 2 aromatic rings. The van der Waals surface area contributed by atoms with Gasteiger partial charge in [0.05, 0.1) is 4.90 Å². The summed E-state index contributed by atoms with van der Waals surface area (Å²) < 4.78 is 22.3. The zero-order valence-corrected chi connectivity index (χ0v) is 12.8. The lowest BCUT2D eigenvalue weighted by molar-refractivity contribution is -0.111. The van der Waals surface area contributed by atoms with Gasteiger partial charge in [-0.15, -0.1) is 0 Å². The Balaban J connectivity index is 2.05. The van der Waals surface area contributed by atoms with E-state index < -0.39 is 10.0 Å². The molecule has 0 heterocycles. The third-order valence-corrected chi connectivity index (χ3v) is 3.98. The van der Waals surface area contributed by atoms with E-state index in [2.05, 4.69) is 5.32 Å². The first-order chi connectivity index (χ1) is 10.4. The van der Waals surface area contributed by atoms with E-state index >= 15 is 0 Å². The van der Waals surface area contributed by atoms with Crippen molar-refractivity contribution in [3.63, 3.8) is 0 Å². The fourth-order valence-corrected chi connectivity index (χ4v) is 2.37.